The summed E-state index contributed by atoms with van der Waals surface area (Å²) in [5, 5.41) is 1.97. The van der Waals surface area contributed by atoms with Gasteiger partial charge in [-0.3, -0.25) is 4.72 Å². The lowest BCUT2D eigenvalue weighted by Gasteiger charge is -2.07. The number of hydrogen-bond donors (Lipinski definition) is 1. The highest BCUT2D eigenvalue weighted by Crippen LogP contribution is 2.27. The summed E-state index contributed by atoms with van der Waals surface area (Å²) >= 11 is 9.99. The van der Waals surface area contributed by atoms with E-state index in [0.29, 0.717) is 5.69 Å². The minimum Gasteiger partial charge on any atom is -0.279 e. The van der Waals surface area contributed by atoms with Crippen LogP contribution in [0.5, 0.6) is 0 Å². The maximum Gasteiger partial charge on any atom is 0.273 e. The van der Waals surface area contributed by atoms with Crippen molar-refractivity contribution in [3.05, 3.63) is 51.5 Å². The Balaban J connectivity index is 1.96. The van der Waals surface area contributed by atoms with Crippen LogP contribution < -0.4 is 4.72 Å². The quantitative estimate of drug-likeness (QED) is 0.700. The number of nitrogens with zero attached hydrogens (tertiary/aromatic N) is 1. The molecule has 0 aliphatic carbocycles. The molecule has 0 saturated carbocycles. The van der Waals surface area contributed by atoms with Crippen LogP contribution in [-0.4, -0.2) is 13.4 Å². The molecule has 108 valence electrons. The molecule has 21 heavy (non-hydrogen) atoms. The van der Waals surface area contributed by atoms with Crippen molar-refractivity contribution in [2.75, 3.05) is 4.72 Å². The van der Waals surface area contributed by atoms with Crippen molar-refractivity contribution in [3.8, 4) is 0 Å². The molecule has 1 N–H and O–H groups in total. The number of anilines is 1. The lowest BCUT2D eigenvalue weighted by Crippen LogP contribution is -2.11. The van der Waals surface area contributed by atoms with Crippen LogP contribution in [0, 0.1) is 0 Å². The number of nitrogens with one attached hydrogen (secondary N) is 1. The number of thiazole rings is 1. The number of aromatic nitrogens is 1. The second-order valence-corrected chi connectivity index (χ2v) is 8.68. The Kier molecular flexibility index (Phi) is 3.92. The summed E-state index contributed by atoms with van der Waals surface area (Å²) in [7, 11) is -3.66. The zero-order valence-electron chi connectivity index (χ0n) is 10.4. The third-order valence-corrected chi connectivity index (χ3v) is 6.23. The van der Waals surface area contributed by atoms with Gasteiger partial charge in [-0.2, -0.15) is 0 Å². The summed E-state index contributed by atoms with van der Waals surface area (Å²) in [5.41, 5.74) is 0.495. The molecular weight excluding hydrogens is 396 g/mol. The van der Waals surface area contributed by atoms with Gasteiger partial charge in [0.15, 0.2) is 8.68 Å². The van der Waals surface area contributed by atoms with Crippen molar-refractivity contribution < 1.29 is 8.42 Å². The molecule has 0 amide bonds. The molecule has 0 fully saturated rings. The fourth-order valence-corrected chi connectivity index (χ4v) is 4.57. The Labute approximate surface area is 139 Å². The van der Waals surface area contributed by atoms with Gasteiger partial charge in [0.25, 0.3) is 10.0 Å². The predicted octanol–water partition coefficient (Wildman–Crippen LogP) is 4.51. The molecular formula is C13H8BrClN2O2S2. The molecule has 8 heteroatoms. The van der Waals surface area contributed by atoms with Crippen LogP contribution in [0.15, 0.2) is 51.3 Å². The lowest BCUT2D eigenvalue weighted by atomic mass is 10.1. The van der Waals surface area contributed by atoms with Gasteiger partial charge in [-0.1, -0.05) is 51.0 Å². The van der Waals surface area contributed by atoms with E-state index >= 15 is 0 Å². The van der Waals surface area contributed by atoms with E-state index in [1.807, 2.05) is 24.3 Å². The van der Waals surface area contributed by atoms with Crippen molar-refractivity contribution in [3.63, 3.8) is 0 Å². The average molecular weight is 404 g/mol. The fourth-order valence-electron chi connectivity index (χ4n) is 1.85. The van der Waals surface area contributed by atoms with Crippen LogP contribution in [0.3, 0.4) is 0 Å². The third kappa shape index (κ3) is 3.21. The highest BCUT2D eigenvalue weighted by Gasteiger charge is 2.17. The second-order valence-electron chi connectivity index (χ2n) is 4.24. The minimum absolute atomic E-state index is 0.0865. The molecule has 3 aromatic rings. The van der Waals surface area contributed by atoms with Gasteiger partial charge >= 0.3 is 0 Å². The topological polar surface area (TPSA) is 59.1 Å². The summed E-state index contributed by atoms with van der Waals surface area (Å²) in [6.45, 7) is 0. The number of sulfonamides is 1. The zero-order chi connectivity index (χ0) is 15.0. The van der Waals surface area contributed by atoms with Gasteiger partial charge in [0.05, 0.1) is 6.20 Å². The molecule has 3 rings (SSSR count). The molecule has 0 radical (unpaired) electrons. The van der Waals surface area contributed by atoms with Crippen molar-refractivity contribution in [2.45, 2.75) is 4.21 Å². The molecule has 0 saturated heterocycles. The van der Waals surface area contributed by atoms with Crippen molar-refractivity contribution >= 4 is 65.4 Å². The molecule has 0 atom stereocenters. The lowest BCUT2D eigenvalue weighted by molar-refractivity contribution is 0.603. The SMILES string of the molecule is O=S(=O)(Nc1ccc2cc(Br)ccc2c1)c1cnc(Cl)s1. The van der Waals surface area contributed by atoms with Crippen molar-refractivity contribution in [2.24, 2.45) is 0 Å². The van der Waals surface area contributed by atoms with Gasteiger partial charge in [0.2, 0.25) is 0 Å². The summed E-state index contributed by atoms with van der Waals surface area (Å²) in [6.07, 6.45) is 1.24. The van der Waals surface area contributed by atoms with Crippen LogP contribution in [0.2, 0.25) is 4.47 Å². The summed E-state index contributed by atoms with van der Waals surface area (Å²) in [4.78, 5) is 3.74. The Hall–Kier alpha value is -1.15. The molecule has 0 aliphatic heterocycles. The summed E-state index contributed by atoms with van der Waals surface area (Å²) in [5.74, 6) is 0. The van der Waals surface area contributed by atoms with Crippen LogP contribution in [0.1, 0.15) is 0 Å². The van der Waals surface area contributed by atoms with Gasteiger partial charge in [0.1, 0.15) is 0 Å². The Morgan fingerprint density at radius 3 is 2.57 bits per heavy atom. The second kappa shape index (κ2) is 5.57. The maximum absolute atomic E-state index is 12.2. The van der Waals surface area contributed by atoms with Gasteiger partial charge in [0, 0.05) is 10.2 Å². The van der Waals surface area contributed by atoms with Crippen molar-refractivity contribution in [1.82, 2.24) is 4.98 Å². The molecule has 0 spiro atoms. The molecule has 1 heterocycles. The number of rotatable bonds is 3. The normalized spacial score (nSPS) is 11.7. The Morgan fingerprint density at radius 1 is 1.14 bits per heavy atom. The van der Waals surface area contributed by atoms with Gasteiger partial charge in [-0.15, -0.1) is 0 Å². The summed E-state index contributed by atoms with van der Waals surface area (Å²) < 4.78 is 28.2. The first-order valence-electron chi connectivity index (χ1n) is 5.77. The molecule has 1 aromatic heterocycles. The van der Waals surface area contributed by atoms with Crippen LogP contribution in [-0.2, 0) is 10.0 Å². The van der Waals surface area contributed by atoms with Crippen LogP contribution >= 0.6 is 38.9 Å². The van der Waals surface area contributed by atoms with E-state index in [9.17, 15) is 8.42 Å². The first-order valence-corrected chi connectivity index (χ1v) is 9.24. The predicted molar refractivity (Wildman–Crippen MR) is 89.6 cm³/mol. The van der Waals surface area contributed by atoms with Gasteiger partial charge in [-0.25, -0.2) is 13.4 Å². The largest absolute Gasteiger partial charge is 0.279 e. The molecule has 4 nitrogen and oxygen atoms in total. The Bertz CT molecular complexity index is 925. The van der Waals surface area contributed by atoms with E-state index in [1.165, 1.54) is 6.20 Å². The molecule has 2 aromatic carbocycles. The third-order valence-electron chi connectivity index (χ3n) is 2.78. The first-order chi connectivity index (χ1) is 9.94. The fraction of sp³-hybridized carbons (Fsp3) is 0. The van der Waals surface area contributed by atoms with Crippen LogP contribution in [0.25, 0.3) is 10.8 Å². The number of hydrogen-bond acceptors (Lipinski definition) is 4. The van der Waals surface area contributed by atoms with Gasteiger partial charge in [-0.05, 0) is 35.0 Å². The van der Waals surface area contributed by atoms with E-state index < -0.39 is 10.0 Å². The minimum atomic E-state index is -3.66. The first kappa shape index (κ1) is 14.8. The maximum atomic E-state index is 12.2. The van der Waals surface area contributed by atoms with E-state index in [4.69, 9.17) is 11.6 Å². The highest BCUT2D eigenvalue weighted by atomic mass is 79.9. The number of benzene rings is 2. The van der Waals surface area contributed by atoms with Crippen LogP contribution in [0.4, 0.5) is 5.69 Å². The monoisotopic (exact) mass is 402 g/mol. The smallest absolute Gasteiger partial charge is 0.273 e. The molecule has 0 bridgehead atoms. The van der Waals surface area contributed by atoms with E-state index in [0.717, 1.165) is 26.6 Å². The zero-order valence-corrected chi connectivity index (χ0v) is 14.4. The number of fused-ring (bicyclic) bond motifs is 1. The Morgan fingerprint density at radius 2 is 1.86 bits per heavy atom. The van der Waals surface area contributed by atoms with E-state index in [1.54, 1.807) is 12.1 Å². The average Bonchev–Trinajstić information content (AvgIpc) is 2.86. The number of halogens is 2. The summed E-state index contributed by atoms with van der Waals surface area (Å²) in [6, 6.07) is 11.1. The highest BCUT2D eigenvalue weighted by molar-refractivity contribution is 9.10. The molecule has 0 unspecified atom stereocenters. The molecule has 0 aliphatic rings. The van der Waals surface area contributed by atoms with E-state index in [2.05, 4.69) is 25.6 Å². The van der Waals surface area contributed by atoms with E-state index in [-0.39, 0.29) is 8.68 Å². The van der Waals surface area contributed by atoms with Gasteiger partial charge < -0.3 is 0 Å². The van der Waals surface area contributed by atoms with Crippen molar-refractivity contribution in [1.29, 1.82) is 0 Å². The standard InChI is InChI=1S/C13H8BrClN2O2S2/c14-10-3-1-9-6-11(4-2-8(9)5-10)17-21(18,19)12-7-16-13(15)20-12/h1-7,17H.